The number of rotatable bonds is 7. The summed E-state index contributed by atoms with van der Waals surface area (Å²) in [5.74, 6) is 0.179. The molecule has 0 N–H and O–H groups in total. The van der Waals surface area contributed by atoms with E-state index in [-0.39, 0.29) is 11.9 Å². The van der Waals surface area contributed by atoms with Crippen LogP contribution in [0.15, 0.2) is 91.0 Å². The molecule has 0 bridgehead atoms. The van der Waals surface area contributed by atoms with Crippen molar-refractivity contribution >= 4 is 5.91 Å². The summed E-state index contributed by atoms with van der Waals surface area (Å²) in [5.41, 5.74) is 3.62. The quantitative estimate of drug-likeness (QED) is 0.587. The molecule has 3 aromatic rings. The van der Waals surface area contributed by atoms with Gasteiger partial charge in [0.15, 0.2) is 0 Å². The van der Waals surface area contributed by atoms with Crippen LogP contribution in [0, 0.1) is 0 Å². The Labute approximate surface area is 156 Å². The van der Waals surface area contributed by atoms with E-state index in [1.807, 2.05) is 54.4 Å². The van der Waals surface area contributed by atoms with Crippen LogP contribution in [0.1, 0.15) is 29.2 Å². The zero-order chi connectivity index (χ0) is 18.2. The van der Waals surface area contributed by atoms with Gasteiger partial charge in [0, 0.05) is 13.5 Å². The first-order chi connectivity index (χ1) is 12.7. The molecule has 0 saturated carbocycles. The van der Waals surface area contributed by atoms with E-state index >= 15 is 0 Å². The Hall–Kier alpha value is -2.87. The molecule has 132 valence electrons. The molecular formula is C24H25NO. The first-order valence-electron chi connectivity index (χ1n) is 9.12. The van der Waals surface area contributed by atoms with Gasteiger partial charge in [-0.25, -0.2) is 0 Å². The number of benzene rings is 3. The molecule has 0 aromatic heterocycles. The second-order valence-corrected chi connectivity index (χ2v) is 6.61. The predicted octanol–water partition coefficient (Wildman–Crippen LogP) is 5.06. The summed E-state index contributed by atoms with van der Waals surface area (Å²) in [6, 6.07) is 30.9. The Morgan fingerprint density at radius 1 is 0.769 bits per heavy atom. The molecule has 0 aliphatic heterocycles. The highest BCUT2D eigenvalue weighted by molar-refractivity contribution is 5.76. The highest BCUT2D eigenvalue weighted by atomic mass is 16.2. The number of amides is 1. The van der Waals surface area contributed by atoms with Crippen molar-refractivity contribution in [3.8, 4) is 0 Å². The first-order valence-corrected chi connectivity index (χ1v) is 9.12. The Bertz CT molecular complexity index is 799. The highest BCUT2D eigenvalue weighted by Gasteiger charge is 2.21. The van der Waals surface area contributed by atoms with E-state index in [0.717, 1.165) is 12.8 Å². The van der Waals surface area contributed by atoms with Gasteiger partial charge in [-0.15, -0.1) is 0 Å². The van der Waals surface area contributed by atoms with Gasteiger partial charge in [0.1, 0.15) is 0 Å². The van der Waals surface area contributed by atoms with Crippen molar-refractivity contribution in [3.63, 3.8) is 0 Å². The van der Waals surface area contributed by atoms with Gasteiger partial charge in [-0.1, -0.05) is 91.0 Å². The van der Waals surface area contributed by atoms with Crippen molar-refractivity contribution in [1.82, 2.24) is 4.90 Å². The zero-order valence-corrected chi connectivity index (χ0v) is 15.2. The Morgan fingerprint density at radius 2 is 1.27 bits per heavy atom. The minimum Gasteiger partial charge on any atom is -0.338 e. The number of hydrogen-bond acceptors (Lipinski definition) is 1. The summed E-state index contributed by atoms with van der Waals surface area (Å²) in [5, 5.41) is 0. The van der Waals surface area contributed by atoms with E-state index < -0.39 is 0 Å². The molecule has 26 heavy (non-hydrogen) atoms. The maximum atomic E-state index is 12.8. The van der Waals surface area contributed by atoms with Crippen LogP contribution < -0.4 is 0 Å². The average molecular weight is 343 g/mol. The molecule has 1 amide bonds. The van der Waals surface area contributed by atoms with Crippen LogP contribution in [-0.4, -0.2) is 17.9 Å². The number of carbonyl (C=O) groups is 1. The van der Waals surface area contributed by atoms with E-state index in [0.29, 0.717) is 6.42 Å². The zero-order valence-electron chi connectivity index (χ0n) is 15.2. The van der Waals surface area contributed by atoms with E-state index in [9.17, 15) is 4.79 Å². The second-order valence-electron chi connectivity index (χ2n) is 6.61. The fraction of sp³-hybridized carbons (Fsp3) is 0.208. The van der Waals surface area contributed by atoms with Crippen molar-refractivity contribution in [3.05, 3.63) is 108 Å². The van der Waals surface area contributed by atoms with Gasteiger partial charge in [0.2, 0.25) is 5.91 Å². The molecule has 0 spiro atoms. The van der Waals surface area contributed by atoms with Crippen molar-refractivity contribution in [2.45, 2.75) is 25.3 Å². The topological polar surface area (TPSA) is 20.3 Å². The minimum absolute atomic E-state index is 0.0434. The van der Waals surface area contributed by atoms with Crippen LogP contribution in [0.4, 0.5) is 0 Å². The van der Waals surface area contributed by atoms with E-state index in [1.54, 1.807) is 0 Å². The van der Waals surface area contributed by atoms with Crippen LogP contribution in [0.3, 0.4) is 0 Å². The molecule has 0 fully saturated rings. The SMILES string of the molecule is CN(C(=O)CCc1ccccc1)C(Cc1ccccc1)c1ccccc1. The van der Waals surface area contributed by atoms with Crippen molar-refractivity contribution in [2.75, 3.05) is 7.05 Å². The third-order valence-electron chi connectivity index (χ3n) is 4.79. The summed E-state index contributed by atoms with van der Waals surface area (Å²) >= 11 is 0. The summed E-state index contributed by atoms with van der Waals surface area (Å²) in [4.78, 5) is 14.8. The number of nitrogens with zero attached hydrogens (tertiary/aromatic N) is 1. The lowest BCUT2D eigenvalue weighted by Gasteiger charge is -2.29. The van der Waals surface area contributed by atoms with E-state index in [1.165, 1.54) is 16.7 Å². The van der Waals surface area contributed by atoms with Gasteiger partial charge in [0.25, 0.3) is 0 Å². The minimum atomic E-state index is 0.0434. The first kappa shape index (κ1) is 17.9. The smallest absolute Gasteiger partial charge is 0.223 e. The van der Waals surface area contributed by atoms with Gasteiger partial charge in [-0.3, -0.25) is 4.79 Å². The maximum absolute atomic E-state index is 12.8. The lowest BCUT2D eigenvalue weighted by Crippen LogP contribution is -2.32. The monoisotopic (exact) mass is 343 g/mol. The van der Waals surface area contributed by atoms with E-state index in [4.69, 9.17) is 0 Å². The van der Waals surface area contributed by atoms with Crippen LogP contribution >= 0.6 is 0 Å². The maximum Gasteiger partial charge on any atom is 0.223 e. The molecule has 1 unspecified atom stereocenters. The fourth-order valence-corrected chi connectivity index (χ4v) is 3.24. The molecule has 0 aliphatic rings. The van der Waals surface area contributed by atoms with Crippen LogP contribution in [0.5, 0.6) is 0 Å². The molecule has 2 heteroatoms. The Morgan fingerprint density at radius 3 is 1.85 bits per heavy atom. The average Bonchev–Trinajstić information content (AvgIpc) is 2.72. The Kier molecular flexibility index (Phi) is 6.21. The fourth-order valence-electron chi connectivity index (χ4n) is 3.24. The Balaban J connectivity index is 1.73. The largest absolute Gasteiger partial charge is 0.338 e. The molecule has 0 radical (unpaired) electrons. The third-order valence-corrected chi connectivity index (χ3v) is 4.79. The lowest BCUT2D eigenvalue weighted by molar-refractivity contribution is -0.132. The molecule has 3 aromatic carbocycles. The summed E-state index contributed by atoms with van der Waals surface area (Å²) < 4.78 is 0. The van der Waals surface area contributed by atoms with Gasteiger partial charge in [0.05, 0.1) is 6.04 Å². The molecule has 3 rings (SSSR count). The normalized spacial score (nSPS) is 11.7. The van der Waals surface area contributed by atoms with Crippen LogP contribution in [-0.2, 0) is 17.6 Å². The molecule has 2 nitrogen and oxygen atoms in total. The number of aryl methyl sites for hydroxylation is 1. The lowest BCUT2D eigenvalue weighted by atomic mass is 9.97. The molecular weight excluding hydrogens is 318 g/mol. The van der Waals surface area contributed by atoms with Crippen LogP contribution in [0.2, 0.25) is 0 Å². The van der Waals surface area contributed by atoms with Crippen LogP contribution in [0.25, 0.3) is 0 Å². The van der Waals surface area contributed by atoms with Crippen molar-refractivity contribution in [1.29, 1.82) is 0 Å². The standard InChI is InChI=1S/C24H25NO/c1-25(24(26)18-17-20-11-5-2-6-12-20)23(22-15-9-4-10-16-22)19-21-13-7-3-8-14-21/h2-16,23H,17-19H2,1H3. The second kappa shape index (κ2) is 9.00. The van der Waals surface area contributed by atoms with Gasteiger partial charge in [-0.2, -0.15) is 0 Å². The molecule has 0 aliphatic carbocycles. The summed E-state index contributed by atoms with van der Waals surface area (Å²) in [6.45, 7) is 0. The van der Waals surface area contributed by atoms with Crippen molar-refractivity contribution in [2.24, 2.45) is 0 Å². The van der Waals surface area contributed by atoms with Gasteiger partial charge < -0.3 is 4.90 Å². The molecule has 1 atom stereocenters. The molecule has 0 saturated heterocycles. The summed E-state index contributed by atoms with van der Waals surface area (Å²) in [6.07, 6.45) is 2.12. The summed E-state index contributed by atoms with van der Waals surface area (Å²) in [7, 11) is 1.92. The predicted molar refractivity (Wildman–Crippen MR) is 107 cm³/mol. The number of carbonyl (C=O) groups excluding carboxylic acids is 1. The van der Waals surface area contributed by atoms with Crippen molar-refractivity contribution < 1.29 is 4.79 Å². The van der Waals surface area contributed by atoms with E-state index in [2.05, 4.69) is 48.5 Å². The molecule has 0 heterocycles. The number of likely N-dealkylation sites (N-methyl/N-ethyl adjacent to an activating group) is 1. The number of hydrogen-bond donors (Lipinski definition) is 0. The van der Waals surface area contributed by atoms with Gasteiger partial charge >= 0.3 is 0 Å². The third kappa shape index (κ3) is 4.82. The van der Waals surface area contributed by atoms with Gasteiger partial charge in [-0.05, 0) is 29.5 Å². The highest BCUT2D eigenvalue weighted by Crippen LogP contribution is 2.25.